The third kappa shape index (κ3) is 4.83. The lowest BCUT2D eigenvalue weighted by atomic mass is 10.1. The molecule has 0 bridgehead atoms. The number of hydrogen-bond acceptors (Lipinski definition) is 2. The third-order valence-electron chi connectivity index (χ3n) is 3.32. The summed E-state index contributed by atoms with van der Waals surface area (Å²) in [6.07, 6.45) is 0. The van der Waals surface area contributed by atoms with Gasteiger partial charge in [0.25, 0.3) is 0 Å². The number of nitrogens with one attached hydrogen (secondary N) is 1. The van der Waals surface area contributed by atoms with Crippen LogP contribution in [0.1, 0.15) is 11.1 Å². The molecule has 0 unspecified atom stereocenters. The fourth-order valence-corrected chi connectivity index (χ4v) is 2.47. The molecule has 0 aliphatic carbocycles. The van der Waals surface area contributed by atoms with Crippen LogP contribution in [0.4, 0.5) is 5.69 Å². The molecule has 0 aromatic heterocycles. The zero-order chi connectivity index (χ0) is 15.8. The number of ether oxygens (including phenoxy) is 1. The Morgan fingerprint density at radius 2 is 1.91 bits per heavy atom. The summed E-state index contributed by atoms with van der Waals surface area (Å²) >= 11 is 5.57. The Bertz CT molecular complexity index is 601. The van der Waals surface area contributed by atoms with Crippen LogP contribution < -0.4 is 10.2 Å². The number of aryl methyl sites for hydroxylation is 1. The number of methoxy groups -OCH3 is 1. The first-order valence-corrected chi connectivity index (χ1v) is 7.76. The zero-order valence-electron chi connectivity index (χ0n) is 13.1. The van der Waals surface area contributed by atoms with E-state index in [1.807, 2.05) is 18.2 Å². The Hall–Kier alpha value is -1.91. The van der Waals surface area contributed by atoms with E-state index in [1.165, 1.54) is 11.1 Å². The second kappa shape index (κ2) is 8.51. The highest BCUT2D eigenvalue weighted by Crippen LogP contribution is 2.19. The van der Waals surface area contributed by atoms with E-state index < -0.39 is 0 Å². The van der Waals surface area contributed by atoms with Gasteiger partial charge in [-0.15, -0.1) is 0 Å². The quantitative estimate of drug-likeness (QED) is 0.651. The summed E-state index contributed by atoms with van der Waals surface area (Å²) in [6, 6.07) is 18.7. The molecule has 1 N–H and O–H groups in total. The molecule has 116 valence electrons. The molecule has 0 atom stereocenters. The van der Waals surface area contributed by atoms with Gasteiger partial charge in [-0.05, 0) is 42.4 Å². The molecule has 0 radical (unpaired) electrons. The maximum atomic E-state index is 5.57. The monoisotopic (exact) mass is 314 g/mol. The largest absolute Gasteiger partial charge is 0.383 e. The predicted octanol–water partition coefficient (Wildman–Crippen LogP) is 3.52. The lowest BCUT2D eigenvalue weighted by molar-refractivity contribution is 0.204. The van der Waals surface area contributed by atoms with Crippen molar-refractivity contribution in [3.05, 3.63) is 65.7 Å². The second-order valence-corrected chi connectivity index (χ2v) is 5.52. The number of nitrogens with zero attached hydrogens (tertiary/aromatic N) is 1. The summed E-state index contributed by atoms with van der Waals surface area (Å²) < 4.78 is 5.07. The summed E-state index contributed by atoms with van der Waals surface area (Å²) in [5, 5.41) is 3.97. The minimum atomic E-state index is 0.632. The lowest BCUT2D eigenvalue weighted by Crippen LogP contribution is -2.40. The normalized spacial score (nSPS) is 10.3. The van der Waals surface area contributed by atoms with Gasteiger partial charge in [-0.3, -0.25) is 0 Å². The fourth-order valence-electron chi connectivity index (χ4n) is 2.20. The van der Waals surface area contributed by atoms with Crippen molar-refractivity contribution in [1.82, 2.24) is 5.32 Å². The molecule has 0 fully saturated rings. The van der Waals surface area contributed by atoms with E-state index >= 15 is 0 Å². The van der Waals surface area contributed by atoms with Gasteiger partial charge in [-0.2, -0.15) is 0 Å². The van der Waals surface area contributed by atoms with Gasteiger partial charge in [0.15, 0.2) is 5.11 Å². The zero-order valence-corrected chi connectivity index (χ0v) is 13.9. The highest BCUT2D eigenvalue weighted by molar-refractivity contribution is 7.80. The van der Waals surface area contributed by atoms with Gasteiger partial charge in [0, 0.05) is 19.3 Å². The van der Waals surface area contributed by atoms with Crippen LogP contribution in [0, 0.1) is 6.92 Å². The molecule has 0 aliphatic heterocycles. The molecule has 0 saturated carbocycles. The van der Waals surface area contributed by atoms with E-state index in [9.17, 15) is 0 Å². The molecule has 2 rings (SSSR count). The number of thiocarbonyl (C=S) groups is 1. The standard InChI is InChI=1S/C18H22N2OS/c1-15-7-6-10-17(13-15)20(18(22)19-11-12-21-2)14-16-8-4-3-5-9-16/h3-10,13H,11-12,14H2,1-2H3,(H,19,22). The third-order valence-corrected chi connectivity index (χ3v) is 3.69. The van der Waals surface area contributed by atoms with Crippen molar-refractivity contribution in [1.29, 1.82) is 0 Å². The molecular formula is C18H22N2OS. The average molecular weight is 314 g/mol. The molecule has 4 heteroatoms. The Balaban J connectivity index is 2.18. The number of rotatable bonds is 6. The summed E-state index contributed by atoms with van der Waals surface area (Å²) in [6.45, 7) is 4.16. The first-order valence-electron chi connectivity index (χ1n) is 7.35. The van der Waals surface area contributed by atoms with Crippen LogP contribution in [0.5, 0.6) is 0 Å². The van der Waals surface area contributed by atoms with E-state index in [2.05, 4.69) is 53.5 Å². The van der Waals surface area contributed by atoms with Crippen LogP contribution in [0.25, 0.3) is 0 Å². The van der Waals surface area contributed by atoms with Crippen LogP contribution >= 0.6 is 12.2 Å². The molecule has 2 aromatic carbocycles. The minimum Gasteiger partial charge on any atom is -0.383 e. The van der Waals surface area contributed by atoms with Crippen molar-refractivity contribution >= 4 is 23.0 Å². The molecular weight excluding hydrogens is 292 g/mol. The summed E-state index contributed by atoms with van der Waals surface area (Å²) in [7, 11) is 1.69. The van der Waals surface area contributed by atoms with Crippen LogP contribution in [0.2, 0.25) is 0 Å². The predicted molar refractivity (Wildman–Crippen MR) is 96.3 cm³/mol. The summed E-state index contributed by atoms with van der Waals surface area (Å²) in [4.78, 5) is 2.12. The van der Waals surface area contributed by atoms with E-state index in [1.54, 1.807) is 7.11 Å². The molecule has 0 amide bonds. The first-order chi connectivity index (χ1) is 10.7. The molecule has 0 spiro atoms. The van der Waals surface area contributed by atoms with Gasteiger partial charge in [-0.25, -0.2) is 0 Å². The maximum Gasteiger partial charge on any atom is 0.173 e. The molecule has 22 heavy (non-hydrogen) atoms. The molecule has 0 aliphatic rings. The van der Waals surface area contributed by atoms with Crippen LogP contribution in [-0.2, 0) is 11.3 Å². The Morgan fingerprint density at radius 3 is 2.59 bits per heavy atom. The number of anilines is 1. The van der Waals surface area contributed by atoms with E-state index in [0.717, 1.165) is 12.2 Å². The topological polar surface area (TPSA) is 24.5 Å². The van der Waals surface area contributed by atoms with Crippen LogP contribution in [0.3, 0.4) is 0 Å². The van der Waals surface area contributed by atoms with Crippen molar-refractivity contribution in [2.24, 2.45) is 0 Å². The van der Waals surface area contributed by atoms with Crippen molar-refractivity contribution in [3.8, 4) is 0 Å². The number of benzene rings is 2. The SMILES string of the molecule is COCCNC(=S)N(Cc1ccccc1)c1cccc(C)c1. The van der Waals surface area contributed by atoms with Crippen molar-refractivity contribution in [3.63, 3.8) is 0 Å². The number of hydrogen-bond donors (Lipinski definition) is 1. The van der Waals surface area contributed by atoms with E-state index in [-0.39, 0.29) is 0 Å². The van der Waals surface area contributed by atoms with Gasteiger partial charge < -0.3 is 15.0 Å². The lowest BCUT2D eigenvalue weighted by Gasteiger charge is -2.26. The van der Waals surface area contributed by atoms with E-state index in [4.69, 9.17) is 17.0 Å². The first kappa shape index (κ1) is 16.5. The molecule has 0 heterocycles. The summed E-state index contributed by atoms with van der Waals surface area (Å²) in [5.74, 6) is 0. The molecule has 0 saturated heterocycles. The van der Waals surface area contributed by atoms with Gasteiger partial charge >= 0.3 is 0 Å². The van der Waals surface area contributed by atoms with Crippen molar-refractivity contribution in [2.45, 2.75) is 13.5 Å². The smallest absolute Gasteiger partial charge is 0.173 e. The average Bonchev–Trinajstić information content (AvgIpc) is 2.53. The fraction of sp³-hybridized carbons (Fsp3) is 0.278. The highest BCUT2D eigenvalue weighted by atomic mass is 32.1. The molecule has 3 nitrogen and oxygen atoms in total. The Labute approximate surface area is 137 Å². The van der Waals surface area contributed by atoms with Crippen LogP contribution in [-0.4, -0.2) is 25.4 Å². The Morgan fingerprint density at radius 1 is 1.14 bits per heavy atom. The van der Waals surface area contributed by atoms with Gasteiger partial charge in [0.05, 0.1) is 13.2 Å². The van der Waals surface area contributed by atoms with Gasteiger partial charge in [0.1, 0.15) is 0 Å². The van der Waals surface area contributed by atoms with Crippen molar-refractivity contribution in [2.75, 3.05) is 25.2 Å². The minimum absolute atomic E-state index is 0.632. The summed E-state index contributed by atoms with van der Waals surface area (Å²) in [5.41, 5.74) is 3.54. The maximum absolute atomic E-state index is 5.57. The van der Waals surface area contributed by atoms with Gasteiger partial charge in [0.2, 0.25) is 0 Å². The second-order valence-electron chi connectivity index (χ2n) is 5.14. The molecule has 2 aromatic rings. The Kier molecular flexibility index (Phi) is 6.37. The van der Waals surface area contributed by atoms with E-state index in [0.29, 0.717) is 18.3 Å². The van der Waals surface area contributed by atoms with Crippen molar-refractivity contribution < 1.29 is 4.74 Å². The van der Waals surface area contributed by atoms with Crippen LogP contribution in [0.15, 0.2) is 54.6 Å². The van der Waals surface area contributed by atoms with Gasteiger partial charge in [-0.1, -0.05) is 42.5 Å². The highest BCUT2D eigenvalue weighted by Gasteiger charge is 2.12.